The van der Waals surface area contributed by atoms with Gasteiger partial charge in [0.1, 0.15) is 5.82 Å². The van der Waals surface area contributed by atoms with Gasteiger partial charge in [-0.3, -0.25) is 4.79 Å². The second-order valence-corrected chi connectivity index (χ2v) is 8.14. The number of aromatic nitrogens is 5. The molecule has 11 nitrogen and oxygen atoms in total. The predicted octanol–water partition coefficient (Wildman–Crippen LogP) is 2.94. The van der Waals surface area contributed by atoms with Crippen molar-refractivity contribution in [2.24, 2.45) is 17.6 Å². The highest BCUT2D eigenvalue weighted by Gasteiger charge is 2.38. The Balaban J connectivity index is 1.71. The number of rotatable bonds is 12. The van der Waals surface area contributed by atoms with Gasteiger partial charge in [0.05, 0.1) is 11.1 Å². The van der Waals surface area contributed by atoms with Crippen LogP contribution in [0, 0.1) is 5.41 Å². The van der Waals surface area contributed by atoms with Crippen LogP contribution in [0.2, 0.25) is 0 Å². The first-order valence-electron chi connectivity index (χ1n) is 11.4. The van der Waals surface area contributed by atoms with Crippen LogP contribution in [0.4, 0.5) is 5.82 Å². The second kappa shape index (κ2) is 12.1. The van der Waals surface area contributed by atoms with E-state index in [2.05, 4.69) is 31.0 Å². The minimum Gasteiger partial charge on any atom is -0.389 e. The minimum absolute atomic E-state index is 0.0786. The lowest BCUT2D eigenvalue weighted by molar-refractivity contribution is -0.195. The predicted molar refractivity (Wildman–Crippen MR) is 129 cm³/mol. The summed E-state index contributed by atoms with van der Waals surface area (Å²) in [5.41, 5.74) is 0.945. The summed E-state index contributed by atoms with van der Waals surface area (Å²) < 4.78 is 12.8. The Morgan fingerprint density at radius 1 is 1.09 bits per heavy atom. The zero-order chi connectivity index (χ0) is 25.3. The summed E-state index contributed by atoms with van der Waals surface area (Å²) in [5.74, 6) is 0.584. The average Bonchev–Trinajstić information content (AvgIpc) is 3.28. The molecule has 0 bridgehead atoms. The van der Waals surface area contributed by atoms with Crippen LogP contribution in [0.5, 0.6) is 0 Å². The topological polar surface area (TPSA) is 126 Å². The highest BCUT2D eigenvalue weighted by Crippen LogP contribution is 2.26. The Morgan fingerprint density at radius 2 is 1.80 bits per heavy atom. The fourth-order valence-electron chi connectivity index (χ4n) is 3.19. The maximum absolute atomic E-state index is 13.0. The van der Waals surface area contributed by atoms with Gasteiger partial charge < -0.3 is 19.6 Å². The Morgan fingerprint density at radius 3 is 2.43 bits per heavy atom. The number of pyridine rings is 1. The van der Waals surface area contributed by atoms with Crippen LogP contribution in [-0.2, 0) is 32.8 Å². The Hall–Kier alpha value is -3.70. The maximum atomic E-state index is 13.0. The van der Waals surface area contributed by atoms with Crippen LogP contribution in [0.1, 0.15) is 44.8 Å². The summed E-state index contributed by atoms with van der Waals surface area (Å²) in [7, 11) is 1.73. The fraction of sp³-hybridized carbons (Fsp3) is 0.417. The molecule has 3 aromatic rings. The molecule has 0 aliphatic rings. The third-order valence-electron chi connectivity index (χ3n) is 5.11. The molecule has 2 heterocycles. The van der Waals surface area contributed by atoms with Crippen molar-refractivity contribution in [2.75, 3.05) is 18.5 Å². The van der Waals surface area contributed by atoms with Crippen molar-refractivity contribution in [3.05, 3.63) is 65.6 Å². The summed E-state index contributed by atoms with van der Waals surface area (Å²) in [6, 6.07) is 14.8. The second-order valence-electron chi connectivity index (χ2n) is 8.14. The third kappa shape index (κ3) is 6.67. The molecule has 0 saturated heterocycles. The molecular formula is C24H31N7O4. The number of benzene rings is 1. The summed E-state index contributed by atoms with van der Waals surface area (Å²) in [6.07, 6.45) is -0.676. The van der Waals surface area contributed by atoms with Gasteiger partial charge in [0.15, 0.2) is 18.6 Å². The van der Waals surface area contributed by atoms with E-state index in [1.54, 1.807) is 39.1 Å². The first kappa shape index (κ1) is 25.9. The van der Waals surface area contributed by atoms with Crippen LogP contribution in [0.15, 0.2) is 53.7 Å². The highest BCUT2D eigenvalue weighted by molar-refractivity contribution is 6.10. The zero-order valence-corrected chi connectivity index (χ0v) is 20.6. The van der Waals surface area contributed by atoms with E-state index in [9.17, 15) is 4.79 Å². The standard InChI is InChI=1S/C24H31N7O4/c1-6-33-23(34-7-2)24(3,4)22(32)26-19-15-11-14-18(25-19)16-35-28-20(17-12-9-8-10-13-17)21-27-29-30-31(21)5/h8-15,23H,6-7,16H2,1-5H3,(H,25,26,32)/b28-20-. The Labute approximate surface area is 204 Å². The number of hydrogen-bond donors (Lipinski definition) is 1. The van der Waals surface area contributed by atoms with E-state index in [4.69, 9.17) is 14.3 Å². The maximum Gasteiger partial charge on any atom is 0.236 e. The van der Waals surface area contributed by atoms with Gasteiger partial charge in [-0.2, -0.15) is 0 Å². The SMILES string of the molecule is CCOC(OCC)C(C)(C)C(=O)Nc1cccc(CO/N=C(/c2ccccc2)c2nnnn2C)n1. The van der Waals surface area contributed by atoms with E-state index in [0.29, 0.717) is 36.3 Å². The lowest BCUT2D eigenvalue weighted by Crippen LogP contribution is -2.44. The molecule has 186 valence electrons. The number of hydrogen-bond acceptors (Lipinski definition) is 9. The lowest BCUT2D eigenvalue weighted by Gasteiger charge is -2.32. The molecule has 0 aliphatic heterocycles. The van der Waals surface area contributed by atoms with E-state index in [1.165, 1.54) is 4.68 Å². The van der Waals surface area contributed by atoms with E-state index >= 15 is 0 Å². The zero-order valence-electron chi connectivity index (χ0n) is 20.6. The number of aryl methyl sites for hydroxylation is 1. The van der Waals surface area contributed by atoms with Gasteiger partial charge in [-0.05, 0) is 50.3 Å². The van der Waals surface area contributed by atoms with Gasteiger partial charge >= 0.3 is 0 Å². The fourth-order valence-corrected chi connectivity index (χ4v) is 3.19. The average molecular weight is 482 g/mol. The van der Waals surface area contributed by atoms with Crippen molar-refractivity contribution in [1.82, 2.24) is 25.2 Å². The molecule has 0 aliphatic carbocycles. The molecule has 0 unspecified atom stereocenters. The van der Waals surface area contributed by atoms with E-state index in [0.717, 1.165) is 5.56 Å². The van der Waals surface area contributed by atoms with Crippen LogP contribution in [0.25, 0.3) is 0 Å². The molecule has 0 spiro atoms. The monoisotopic (exact) mass is 481 g/mol. The highest BCUT2D eigenvalue weighted by atomic mass is 16.7. The molecule has 0 saturated carbocycles. The minimum atomic E-state index is -0.931. The van der Waals surface area contributed by atoms with E-state index in [-0.39, 0.29) is 12.5 Å². The molecular weight excluding hydrogens is 450 g/mol. The van der Waals surface area contributed by atoms with Crippen molar-refractivity contribution in [2.45, 2.75) is 40.6 Å². The summed E-state index contributed by atoms with van der Waals surface area (Å²) >= 11 is 0. The van der Waals surface area contributed by atoms with Gasteiger partial charge in [-0.25, -0.2) is 9.67 Å². The van der Waals surface area contributed by atoms with Crippen LogP contribution < -0.4 is 5.32 Å². The van der Waals surface area contributed by atoms with Gasteiger partial charge in [-0.1, -0.05) is 41.6 Å². The molecule has 2 aromatic heterocycles. The first-order valence-corrected chi connectivity index (χ1v) is 11.4. The van der Waals surface area contributed by atoms with Crippen LogP contribution >= 0.6 is 0 Å². The third-order valence-corrected chi connectivity index (χ3v) is 5.11. The molecule has 0 fully saturated rings. The van der Waals surface area contributed by atoms with E-state index < -0.39 is 11.7 Å². The Bertz CT molecular complexity index is 1130. The summed E-state index contributed by atoms with van der Waals surface area (Å²) in [6.45, 7) is 8.20. The smallest absolute Gasteiger partial charge is 0.236 e. The van der Waals surface area contributed by atoms with Gasteiger partial charge in [0, 0.05) is 25.8 Å². The number of nitrogens with one attached hydrogen (secondary N) is 1. The Kier molecular flexibility index (Phi) is 8.98. The number of tetrazole rings is 1. The van der Waals surface area contributed by atoms with Crippen molar-refractivity contribution >= 4 is 17.4 Å². The number of ether oxygens (including phenoxy) is 2. The number of oxime groups is 1. The lowest BCUT2D eigenvalue weighted by atomic mass is 9.91. The van der Waals surface area contributed by atoms with Gasteiger partial charge in [0.2, 0.25) is 11.7 Å². The van der Waals surface area contributed by atoms with Gasteiger partial charge in [0.25, 0.3) is 0 Å². The van der Waals surface area contributed by atoms with Crippen LogP contribution in [0.3, 0.4) is 0 Å². The largest absolute Gasteiger partial charge is 0.389 e. The molecule has 0 atom stereocenters. The number of anilines is 1. The van der Waals surface area contributed by atoms with Crippen molar-refractivity contribution in [3.63, 3.8) is 0 Å². The van der Waals surface area contributed by atoms with Crippen molar-refractivity contribution in [3.8, 4) is 0 Å². The molecule has 1 N–H and O–H groups in total. The molecule has 1 amide bonds. The number of amides is 1. The number of carbonyl (C=O) groups is 1. The molecule has 3 rings (SSSR count). The molecule has 35 heavy (non-hydrogen) atoms. The molecule has 11 heteroatoms. The van der Waals surface area contributed by atoms with E-state index in [1.807, 2.05) is 44.2 Å². The normalized spacial score (nSPS) is 12.1. The molecule has 1 aromatic carbocycles. The van der Waals surface area contributed by atoms with Gasteiger partial charge in [-0.15, -0.1) is 5.10 Å². The first-order chi connectivity index (χ1) is 16.9. The van der Waals surface area contributed by atoms with Crippen molar-refractivity contribution < 1.29 is 19.1 Å². The van der Waals surface area contributed by atoms with Crippen LogP contribution in [-0.4, -0.2) is 56.3 Å². The summed E-state index contributed by atoms with van der Waals surface area (Å²) in [5, 5.41) is 18.7. The number of nitrogens with zero attached hydrogens (tertiary/aromatic N) is 6. The number of carbonyl (C=O) groups excluding carboxylic acids is 1. The molecule has 0 radical (unpaired) electrons. The quantitative estimate of drug-likeness (QED) is 0.238. The van der Waals surface area contributed by atoms with Crippen molar-refractivity contribution in [1.29, 1.82) is 0 Å². The summed E-state index contributed by atoms with van der Waals surface area (Å²) in [4.78, 5) is 23.1.